The lowest BCUT2D eigenvalue weighted by Gasteiger charge is -2.36. The predicted octanol–water partition coefficient (Wildman–Crippen LogP) is 3.60. The molecule has 150 valence electrons. The van der Waals surface area contributed by atoms with Gasteiger partial charge in [0.05, 0.1) is 0 Å². The first-order valence-electron chi connectivity index (χ1n) is 9.42. The number of benzene rings is 1. The van der Waals surface area contributed by atoms with Gasteiger partial charge in [0.25, 0.3) is 0 Å². The molecule has 0 aliphatic heterocycles. The molecule has 1 saturated carbocycles. The fourth-order valence-corrected chi connectivity index (χ4v) is 3.05. The van der Waals surface area contributed by atoms with Crippen LogP contribution in [0.25, 0.3) is 0 Å². The average molecular weight is 377 g/mol. The zero-order chi connectivity index (χ0) is 19.9. The second-order valence-corrected chi connectivity index (χ2v) is 7.94. The van der Waals surface area contributed by atoms with Crippen molar-refractivity contribution in [2.24, 2.45) is 0 Å². The molecule has 0 aromatic heterocycles. The van der Waals surface area contributed by atoms with Gasteiger partial charge in [0.1, 0.15) is 12.2 Å². The van der Waals surface area contributed by atoms with Crippen LogP contribution in [0.3, 0.4) is 0 Å². The summed E-state index contributed by atoms with van der Waals surface area (Å²) in [6, 6.07) is 9.68. The molecular weight excluding hydrogens is 346 g/mol. The van der Waals surface area contributed by atoms with E-state index in [1.54, 1.807) is 11.9 Å². The molecule has 2 amide bonds. The molecule has 0 heterocycles. The molecule has 2 rings (SSSR count). The van der Waals surface area contributed by atoms with E-state index in [1.807, 2.05) is 51.1 Å². The Bertz CT molecular complexity index is 615. The monoisotopic (exact) mass is 377 g/mol. The molecule has 1 aromatic carbocycles. The maximum Gasteiger partial charge on any atom is 0.421 e. The number of rotatable bonds is 5. The molecule has 7 heteroatoms. The Morgan fingerprint density at radius 1 is 1.19 bits per heavy atom. The lowest BCUT2D eigenvalue weighted by atomic mass is 9.91. The molecule has 1 aromatic rings. The van der Waals surface area contributed by atoms with E-state index in [0.717, 1.165) is 31.2 Å². The summed E-state index contributed by atoms with van der Waals surface area (Å²) < 4.78 is 10.6. The molecule has 0 saturated heterocycles. The molecule has 7 nitrogen and oxygen atoms in total. The second kappa shape index (κ2) is 9.60. The highest BCUT2D eigenvalue weighted by Crippen LogP contribution is 2.23. The number of amides is 2. The maximum absolute atomic E-state index is 12.2. The summed E-state index contributed by atoms with van der Waals surface area (Å²) in [5.41, 5.74) is 6.05. The van der Waals surface area contributed by atoms with Crippen LogP contribution in [0.4, 0.5) is 9.59 Å². The maximum atomic E-state index is 12.2. The molecule has 2 N–H and O–H groups in total. The Labute approximate surface area is 161 Å². The second-order valence-electron chi connectivity index (χ2n) is 7.94. The van der Waals surface area contributed by atoms with Crippen LogP contribution in [0.5, 0.6) is 0 Å². The smallest absolute Gasteiger partial charge is 0.421 e. The minimum Gasteiger partial charge on any atom is -0.444 e. The van der Waals surface area contributed by atoms with E-state index in [1.165, 1.54) is 0 Å². The molecule has 1 aliphatic carbocycles. The molecule has 2 atom stereocenters. The molecule has 0 spiro atoms. The molecule has 1 fully saturated rings. The van der Waals surface area contributed by atoms with Gasteiger partial charge in [-0.3, -0.25) is 5.43 Å². The lowest BCUT2D eigenvalue weighted by molar-refractivity contribution is 0.0171. The van der Waals surface area contributed by atoms with Crippen molar-refractivity contribution in [1.29, 1.82) is 0 Å². The highest BCUT2D eigenvalue weighted by Gasteiger charge is 2.30. The lowest BCUT2D eigenvalue weighted by Crippen LogP contribution is -2.51. The van der Waals surface area contributed by atoms with Crippen LogP contribution in [-0.4, -0.2) is 41.8 Å². The van der Waals surface area contributed by atoms with Crippen LogP contribution in [0, 0.1) is 0 Å². The third-order valence-electron chi connectivity index (χ3n) is 4.47. The van der Waals surface area contributed by atoms with Crippen molar-refractivity contribution in [3.8, 4) is 0 Å². The van der Waals surface area contributed by atoms with Gasteiger partial charge in [-0.05, 0) is 52.0 Å². The number of carbonyl (C=O) groups is 2. The summed E-state index contributed by atoms with van der Waals surface area (Å²) in [7, 11) is 1.77. The summed E-state index contributed by atoms with van der Waals surface area (Å²) in [4.78, 5) is 25.8. The van der Waals surface area contributed by atoms with E-state index in [2.05, 4.69) is 10.9 Å². The van der Waals surface area contributed by atoms with E-state index >= 15 is 0 Å². The third kappa shape index (κ3) is 7.46. The predicted molar refractivity (Wildman–Crippen MR) is 103 cm³/mol. The van der Waals surface area contributed by atoms with Gasteiger partial charge in [-0.2, -0.15) is 0 Å². The van der Waals surface area contributed by atoms with Crippen LogP contribution in [0.15, 0.2) is 30.3 Å². The van der Waals surface area contributed by atoms with Crippen LogP contribution in [0.1, 0.15) is 52.0 Å². The topological polar surface area (TPSA) is 79.9 Å². The summed E-state index contributed by atoms with van der Waals surface area (Å²) in [6.07, 6.45) is 2.74. The van der Waals surface area contributed by atoms with Gasteiger partial charge in [-0.15, -0.1) is 0 Å². The Morgan fingerprint density at radius 2 is 1.89 bits per heavy atom. The highest BCUT2D eigenvalue weighted by atomic mass is 16.6. The van der Waals surface area contributed by atoms with Crippen LogP contribution in [-0.2, 0) is 16.1 Å². The Hall–Kier alpha value is -2.28. The molecule has 0 radical (unpaired) electrons. The first-order valence-corrected chi connectivity index (χ1v) is 9.42. The van der Waals surface area contributed by atoms with Crippen molar-refractivity contribution >= 4 is 12.2 Å². The largest absolute Gasteiger partial charge is 0.444 e. The number of nitrogens with one attached hydrogen (secondary N) is 2. The van der Waals surface area contributed by atoms with E-state index in [0.29, 0.717) is 0 Å². The first-order chi connectivity index (χ1) is 12.7. The SMILES string of the molecule is CN(C(=O)OC(C)(C)C)C1CCCC(NNC(=O)OCc2ccccc2)C1. The fourth-order valence-electron chi connectivity index (χ4n) is 3.05. The summed E-state index contributed by atoms with van der Waals surface area (Å²) in [6.45, 7) is 5.79. The quantitative estimate of drug-likeness (QED) is 0.767. The van der Waals surface area contributed by atoms with Crippen molar-refractivity contribution in [2.75, 3.05) is 7.05 Å². The van der Waals surface area contributed by atoms with Gasteiger partial charge in [0.2, 0.25) is 0 Å². The van der Waals surface area contributed by atoms with Crippen LogP contribution in [0.2, 0.25) is 0 Å². The zero-order valence-corrected chi connectivity index (χ0v) is 16.7. The number of carbonyl (C=O) groups excluding carboxylic acids is 2. The van der Waals surface area contributed by atoms with E-state index in [9.17, 15) is 9.59 Å². The van der Waals surface area contributed by atoms with Gasteiger partial charge < -0.3 is 14.4 Å². The Kier molecular flexibility index (Phi) is 7.47. The summed E-state index contributed by atoms with van der Waals surface area (Å²) >= 11 is 0. The average Bonchev–Trinajstić information content (AvgIpc) is 2.63. The molecule has 1 aliphatic rings. The van der Waals surface area contributed by atoms with Crippen molar-refractivity contribution in [2.45, 2.75) is 70.7 Å². The van der Waals surface area contributed by atoms with Crippen molar-refractivity contribution in [3.63, 3.8) is 0 Å². The minimum absolute atomic E-state index is 0.0771. The number of hydrogen-bond donors (Lipinski definition) is 2. The van der Waals surface area contributed by atoms with Crippen molar-refractivity contribution < 1.29 is 19.1 Å². The number of ether oxygens (including phenoxy) is 2. The summed E-state index contributed by atoms with van der Waals surface area (Å²) in [5, 5.41) is 0. The van der Waals surface area contributed by atoms with Gasteiger partial charge in [0, 0.05) is 19.1 Å². The third-order valence-corrected chi connectivity index (χ3v) is 4.47. The first kappa shape index (κ1) is 21.0. The zero-order valence-electron chi connectivity index (χ0n) is 16.7. The fraction of sp³-hybridized carbons (Fsp3) is 0.600. The van der Waals surface area contributed by atoms with E-state index < -0.39 is 11.7 Å². The van der Waals surface area contributed by atoms with Crippen LogP contribution < -0.4 is 10.9 Å². The van der Waals surface area contributed by atoms with Gasteiger partial charge >= 0.3 is 12.2 Å². The number of hydrogen-bond acceptors (Lipinski definition) is 5. The van der Waals surface area contributed by atoms with Gasteiger partial charge in [-0.1, -0.05) is 30.3 Å². The van der Waals surface area contributed by atoms with Gasteiger partial charge in [-0.25, -0.2) is 15.0 Å². The highest BCUT2D eigenvalue weighted by molar-refractivity contribution is 5.68. The number of hydrazine groups is 1. The molecule has 27 heavy (non-hydrogen) atoms. The van der Waals surface area contributed by atoms with Crippen LogP contribution >= 0.6 is 0 Å². The van der Waals surface area contributed by atoms with Crippen molar-refractivity contribution in [1.82, 2.24) is 15.8 Å². The van der Waals surface area contributed by atoms with Crippen molar-refractivity contribution in [3.05, 3.63) is 35.9 Å². The standard InChI is InChI=1S/C20H31N3O4/c1-20(2,3)27-19(25)23(4)17-12-8-11-16(13-17)21-22-18(24)26-14-15-9-6-5-7-10-15/h5-7,9-10,16-17,21H,8,11-14H2,1-4H3,(H,22,24). The summed E-state index contributed by atoms with van der Waals surface area (Å²) in [5.74, 6) is 0. The van der Waals surface area contributed by atoms with E-state index in [-0.39, 0.29) is 24.8 Å². The molecular formula is C20H31N3O4. The molecule has 0 bridgehead atoms. The minimum atomic E-state index is -0.513. The Balaban J connectivity index is 1.73. The number of nitrogens with zero attached hydrogens (tertiary/aromatic N) is 1. The normalized spacial score (nSPS) is 19.9. The Morgan fingerprint density at radius 3 is 2.56 bits per heavy atom. The van der Waals surface area contributed by atoms with E-state index in [4.69, 9.17) is 9.47 Å². The molecule has 2 unspecified atom stereocenters. The van der Waals surface area contributed by atoms with Gasteiger partial charge in [0.15, 0.2) is 0 Å².